The van der Waals surface area contributed by atoms with Crippen LogP contribution in [0.5, 0.6) is 5.88 Å². The maximum absolute atomic E-state index is 13.9. The number of halogens is 3. The van der Waals surface area contributed by atoms with Crippen molar-refractivity contribution in [2.45, 2.75) is 41.7 Å². The van der Waals surface area contributed by atoms with Gasteiger partial charge < -0.3 is 15.2 Å². The summed E-state index contributed by atoms with van der Waals surface area (Å²) < 4.78 is 57.6. The first-order chi connectivity index (χ1) is 19.0. The third-order valence-electron chi connectivity index (χ3n) is 7.51. The lowest BCUT2D eigenvalue weighted by Crippen LogP contribution is -2.52. The molecule has 4 aromatic rings. The van der Waals surface area contributed by atoms with Gasteiger partial charge in [-0.15, -0.1) is 0 Å². The van der Waals surface area contributed by atoms with Gasteiger partial charge in [0.2, 0.25) is 5.88 Å². The van der Waals surface area contributed by atoms with Crippen molar-refractivity contribution in [3.05, 3.63) is 100 Å². The van der Waals surface area contributed by atoms with E-state index in [4.69, 9.17) is 16.3 Å². The van der Waals surface area contributed by atoms with Crippen LogP contribution in [0.15, 0.2) is 71.6 Å². The van der Waals surface area contributed by atoms with Crippen LogP contribution in [0.1, 0.15) is 35.4 Å². The number of benzene rings is 3. The molecule has 1 fully saturated rings. The number of ether oxygens (including phenoxy) is 1. The lowest BCUT2D eigenvalue weighted by molar-refractivity contribution is -0.0191. The summed E-state index contributed by atoms with van der Waals surface area (Å²) in [4.78, 5) is 4.82. The Morgan fingerprint density at radius 2 is 1.85 bits per heavy atom. The molecule has 210 valence electrons. The minimum Gasteiger partial charge on any atom is -0.481 e. The van der Waals surface area contributed by atoms with Gasteiger partial charge in [-0.2, -0.15) is 0 Å². The van der Waals surface area contributed by atoms with Crippen LogP contribution in [0.2, 0.25) is 5.02 Å². The molecule has 3 unspecified atom stereocenters. The molecule has 3 aromatic carbocycles. The van der Waals surface area contributed by atoms with Gasteiger partial charge in [-0.05, 0) is 85.5 Å². The number of nitrogens with one attached hydrogen (secondary N) is 1. The number of aliphatic hydroxyl groups is 1. The summed E-state index contributed by atoms with van der Waals surface area (Å²) >= 11 is 6.19. The van der Waals surface area contributed by atoms with Crippen molar-refractivity contribution in [2.24, 2.45) is 0 Å². The van der Waals surface area contributed by atoms with Gasteiger partial charge in [0.1, 0.15) is 0 Å². The number of rotatable bonds is 7. The van der Waals surface area contributed by atoms with Gasteiger partial charge in [-0.1, -0.05) is 29.8 Å². The molecule has 6 nitrogen and oxygen atoms in total. The molecule has 0 bridgehead atoms. The minimum atomic E-state index is -3.46. The SMILES string of the molecule is COc1nc2ccc(S(C)(=O)=O)cc2cc1C(c1ccc(Cl)cc1)C1(O)CCNC(Cc2ccc(F)c(F)c2)C1. The van der Waals surface area contributed by atoms with Gasteiger partial charge >= 0.3 is 0 Å². The lowest BCUT2D eigenvalue weighted by atomic mass is 9.70. The van der Waals surface area contributed by atoms with Gasteiger partial charge in [0.15, 0.2) is 21.5 Å². The van der Waals surface area contributed by atoms with Gasteiger partial charge in [-0.25, -0.2) is 22.2 Å². The fourth-order valence-electron chi connectivity index (χ4n) is 5.64. The summed E-state index contributed by atoms with van der Waals surface area (Å²) in [6.45, 7) is 0.483. The highest BCUT2D eigenvalue weighted by atomic mass is 35.5. The average Bonchev–Trinajstić information content (AvgIpc) is 2.90. The number of aromatic nitrogens is 1. The van der Waals surface area contributed by atoms with Gasteiger partial charge in [-0.3, -0.25) is 0 Å². The van der Waals surface area contributed by atoms with E-state index >= 15 is 0 Å². The molecule has 2 N–H and O–H groups in total. The van der Waals surface area contributed by atoms with Gasteiger partial charge in [0, 0.05) is 34.2 Å². The van der Waals surface area contributed by atoms with Crippen LogP contribution in [0, 0.1) is 11.6 Å². The Kier molecular flexibility index (Phi) is 7.85. The zero-order valence-corrected chi connectivity index (χ0v) is 23.6. The fourth-order valence-corrected chi connectivity index (χ4v) is 6.42. The standard InChI is InChI=1S/C30H29ClF2N2O4S/c1-39-29-24(16-20-15-23(40(2,37)38)8-10-27(20)35-29)28(19-4-6-21(31)7-5-19)30(36)11-12-34-22(17-30)13-18-3-9-25(32)26(33)14-18/h3-10,14-16,22,28,34,36H,11-13,17H2,1-2H3. The van der Waals surface area contributed by atoms with Crippen LogP contribution in [0.3, 0.4) is 0 Å². The van der Waals surface area contributed by atoms with Crippen LogP contribution < -0.4 is 10.1 Å². The Morgan fingerprint density at radius 1 is 1.10 bits per heavy atom. The maximum Gasteiger partial charge on any atom is 0.217 e. The Balaban J connectivity index is 1.61. The highest BCUT2D eigenvalue weighted by Crippen LogP contribution is 2.45. The van der Waals surface area contributed by atoms with Crippen LogP contribution in [0.25, 0.3) is 10.9 Å². The van der Waals surface area contributed by atoms with Crippen molar-refractivity contribution in [3.8, 4) is 5.88 Å². The molecule has 1 aromatic heterocycles. The molecule has 0 spiro atoms. The summed E-state index contributed by atoms with van der Waals surface area (Å²) in [6, 6.07) is 17.3. The Labute approximate surface area is 236 Å². The number of pyridine rings is 1. The molecule has 10 heteroatoms. The Morgan fingerprint density at radius 3 is 2.52 bits per heavy atom. The molecular formula is C30H29ClF2N2O4S. The molecule has 1 aliphatic heterocycles. The zero-order chi connectivity index (χ0) is 28.7. The molecule has 0 radical (unpaired) electrons. The monoisotopic (exact) mass is 586 g/mol. The van der Waals surface area contributed by atoms with E-state index in [0.29, 0.717) is 58.7 Å². The van der Waals surface area contributed by atoms with Crippen LogP contribution >= 0.6 is 11.6 Å². The van der Waals surface area contributed by atoms with Crippen LogP contribution in [-0.4, -0.2) is 50.1 Å². The number of methoxy groups -OCH3 is 1. The number of piperidine rings is 1. The predicted molar refractivity (Wildman–Crippen MR) is 151 cm³/mol. The average molecular weight is 587 g/mol. The third-order valence-corrected chi connectivity index (χ3v) is 8.87. The maximum atomic E-state index is 13.9. The molecule has 0 saturated carbocycles. The number of sulfone groups is 1. The van der Waals surface area contributed by atoms with Crippen molar-refractivity contribution < 1.29 is 27.0 Å². The van der Waals surface area contributed by atoms with E-state index in [9.17, 15) is 22.3 Å². The van der Waals surface area contributed by atoms with E-state index in [0.717, 1.165) is 17.9 Å². The molecule has 1 saturated heterocycles. The van der Waals surface area contributed by atoms with Gasteiger partial charge in [0.25, 0.3) is 0 Å². The molecule has 1 aliphatic rings. The van der Waals surface area contributed by atoms with E-state index in [-0.39, 0.29) is 10.9 Å². The van der Waals surface area contributed by atoms with E-state index in [2.05, 4.69) is 10.3 Å². The Hall–Kier alpha value is -3.11. The van der Waals surface area contributed by atoms with E-state index in [1.807, 2.05) is 18.2 Å². The molecule has 0 aliphatic carbocycles. The highest BCUT2D eigenvalue weighted by molar-refractivity contribution is 7.90. The summed E-state index contributed by atoms with van der Waals surface area (Å²) in [5.41, 5.74) is 1.25. The second kappa shape index (κ2) is 11.0. The first-order valence-corrected chi connectivity index (χ1v) is 15.1. The van der Waals surface area contributed by atoms with Crippen molar-refractivity contribution in [1.82, 2.24) is 10.3 Å². The minimum absolute atomic E-state index is 0.160. The summed E-state index contributed by atoms with van der Waals surface area (Å²) in [5.74, 6) is -2.13. The highest BCUT2D eigenvalue weighted by Gasteiger charge is 2.44. The smallest absolute Gasteiger partial charge is 0.217 e. The van der Waals surface area contributed by atoms with Crippen molar-refractivity contribution in [3.63, 3.8) is 0 Å². The normalized spacial score (nSPS) is 20.4. The third kappa shape index (κ3) is 5.83. The molecule has 0 amide bonds. The van der Waals surface area contributed by atoms with E-state index < -0.39 is 33.0 Å². The van der Waals surface area contributed by atoms with E-state index in [1.165, 1.54) is 19.2 Å². The van der Waals surface area contributed by atoms with Crippen molar-refractivity contribution in [1.29, 1.82) is 0 Å². The topological polar surface area (TPSA) is 88.5 Å². The number of nitrogens with zero attached hydrogens (tertiary/aromatic N) is 1. The first-order valence-electron chi connectivity index (χ1n) is 12.8. The summed E-state index contributed by atoms with van der Waals surface area (Å²) in [6.07, 6.45) is 2.22. The second-order valence-electron chi connectivity index (χ2n) is 10.4. The number of fused-ring (bicyclic) bond motifs is 1. The molecule has 2 heterocycles. The Bertz CT molecular complexity index is 1670. The predicted octanol–water partition coefficient (Wildman–Crippen LogP) is 5.44. The number of hydrogen-bond acceptors (Lipinski definition) is 6. The van der Waals surface area contributed by atoms with Crippen LogP contribution in [-0.2, 0) is 16.3 Å². The summed E-state index contributed by atoms with van der Waals surface area (Å²) in [7, 11) is -1.96. The molecular weight excluding hydrogens is 558 g/mol. The molecule has 40 heavy (non-hydrogen) atoms. The first kappa shape index (κ1) is 28.4. The fraction of sp³-hybridized carbons (Fsp3) is 0.300. The quantitative estimate of drug-likeness (QED) is 0.300. The van der Waals surface area contributed by atoms with Gasteiger partial charge in [0.05, 0.1) is 23.1 Å². The molecule has 3 atom stereocenters. The zero-order valence-electron chi connectivity index (χ0n) is 22.0. The number of hydrogen-bond donors (Lipinski definition) is 2. The van der Waals surface area contributed by atoms with Crippen molar-refractivity contribution in [2.75, 3.05) is 19.9 Å². The molecule has 5 rings (SSSR count). The largest absolute Gasteiger partial charge is 0.481 e. The second-order valence-corrected chi connectivity index (χ2v) is 12.8. The van der Waals surface area contributed by atoms with Crippen molar-refractivity contribution >= 4 is 32.3 Å². The summed E-state index contributed by atoms with van der Waals surface area (Å²) in [5, 5.41) is 16.9. The van der Waals surface area contributed by atoms with E-state index in [1.54, 1.807) is 30.3 Å². The lowest BCUT2D eigenvalue weighted by Gasteiger charge is -2.43. The van der Waals surface area contributed by atoms with Crippen LogP contribution in [0.4, 0.5) is 8.78 Å².